The molecule has 0 bridgehead atoms. The topological polar surface area (TPSA) is 23.6 Å². The fourth-order valence-corrected chi connectivity index (χ4v) is 4.69. The second kappa shape index (κ2) is 6.46. The summed E-state index contributed by atoms with van der Waals surface area (Å²) in [6, 6.07) is 13.2. The third-order valence-electron chi connectivity index (χ3n) is 5.01. The quantitative estimate of drug-likeness (QED) is 0.862. The Morgan fingerprint density at radius 2 is 2.00 bits per heavy atom. The number of nitrogens with zero attached hydrogens (tertiary/aromatic N) is 2. The van der Waals surface area contributed by atoms with Crippen molar-refractivity contribution < 1.29 is 4.79 Å². The Morgan fingerprint density at radius 1 is 1.13 bits per heavy atom. The van der Waals surface area contributed by atoms with Crippen LogP contribution in [-0.2, 0) is 17.8 Å². The molecule has 1 aromatic carbocycles. The Hall–Kier alpha value is -1.65. The maximum Gasteiger partial charge on any atom is 0.237 e. The first-order valence-electron chi connectivity index (χ1n) is 8.43. The van der Waals surface area contributed by atoms with Crippen molar-refractivity contribution in [3.05, 3.63) is 57.8 Å². The third kappa shape index (κ3) is 3.06. The lowest BCUT2D eigenvalue weighted by molar-refractivity contribution is -0.133. The van der Waals surface area contributed by atoms with Gasteiger partial charge in [0.2, 0.25) is 5.91 Å². The summed E-state index contributed by atoms with van der Waals surface area (Å²) in [7, 11) is 0. The van der Waals surface area contributed by atoms with Gasteiger partial charge >= 0.3 is 0 Å². The number of rotatable bonds is 3. The summed E-state index contributed by atoms with van der Waals surface area (Å²) >= 11 is 1.77. The molecular weight excluding hydrogens is 304 g/mol. The van der Waals surface area contributed by atoms with Crippen molar-refractivity contribution in [3.8, 4) is 0 Å². The number of hydrogen-bond donors (Lipinski definition) is 0. The Labute approximate surface area is 141 Å². The van der Waals surface area contributed by atoms with E-state index in [0.717, 1.165) is 38.9 Å². The van der Waals surface area contributed by atoms with Gasteiger partial charge in [-0.1, -0.05) is 30.3 Å². The molecule has 2 aliphatic rings. The van der Waals surface area contributed by atoms with Crippen LogP contribution in [0.4, 0.5) is 0 Å². The van der Waals surface area contributed by atoms with Crippen LogP contribution in [0.3, 0.4) is 0 Å². The van der Waals surface area contributed by atoms with E-state index in [2.05, 4.69) is 51.6 Å². The Kier molecular flexibility index (Phi) is 4.19. The molecule has 23 heavy (non-hydrogen) atoms. The van der Waals surface area contributed by atoms with E-state index in [1.54, 1.807) is 11.3 Å². The van der Waals surface area contributed by atoms with E-state index in [9.17, 15) is 4.79 Å². The summed E-state index contributed by atoms with van der Waals surface area (Å²) < 4.78 is 0. The second-order valence-corrected chi connectivity index (χ2v) is 7.47. The average molecular weight is 326 g/mol. The summed E-state index contributed by atoms with van der Waals surface area (Å²) in [6.45, 7) is 3.35. The first-order valence-corrected chi connectivity index (χ1v) is 9.31. The van der Waals surface area contributed by atoms with Crippen molar-refractivity contribution >= 4 is 17.2 Å². The summed E-state index contributed by atoms with van der Waals surface area (Å²) in [5.74, 6) is 0.292. The van der Waals surface area contributed by atoms with Crippen LogP contribution in [-0.4, -0.2) is 35.3 Å². The van der Waals surface area contributed by atoms with E-state index in [-0.39, 0.29) is 0 Å². The molecule has 2 aliphatic heterocycles. The van der Waals surface area contributed by atoms with E-state index in [1.165, 1.54) is 16.0 Å². The van der Waals surface area contributed by atoms with Gasteiger partial charge in [0.25, 0.3) is 0 Å². The van der Waals surface area contributed by atoms with E-state index in [1.807, 2.05) is 0 Å². The fraction of sp³-hybridized carbons (Fsp3) is 0.421. The van der Waals surface area contributed by atoms with Crippen molar-refractivity contribution in [1.29, 1.82) is 0 Å². The molecule has 0 saturated carbocycles. The Bertz CT molecular complexity index is 682. The van der Waals surface area contributed by atoms with E-state index in [4.69, 9.17) is 0 Å². The van der Waals surface area contributed by atoms with Gasteiger partial charge in [-0.05, 0) is 41.8 Å². The first-order chi connectivity index (χ1) is 11.3. The van der Waals surface area contributed by atoms with Crippen LogP contribution in [0.25, 0.3) is 0 Å². The molecule has 120 valence electrons. The summed E-state index contributed by atoms with van der Waals surface area (Å²) in [5, 5.41) is 2.11. The van der Waals surface area contributed by atoms with Crippen molar-refractivity contribution in [1.82, 2.24) is 9.80 Å². The molecule has 1 aromatic heterocycles. The largest absolute Gasteiger partial charge is 0.334 e. The molecule has 0 radical (unpaired) electrons. The number of carbonyl (C=O) groups excluding carboxylic acids is 1. The normalized spacial score (nSPS) is 21.4. The lowest BCUT2D eigenvalue weighted by atomic mass is 10.00. The number of thiophene rings is 1. The van der Waals surface area contributed by atoms with Gasteiger partial charge in [-0.2, -0.15) is 0 Å². The van der Waals surface area contributed by atoms with Crippen LogP contribution in [0, 0.1) is 0 Å². The van der Waals surface area contributed by atoms with Crippen LogP contribution in [0.15, 0.2) is 41.8 Å². The predicted molar refractivity (Wildman–Crippen MR) is 93.4 cm³/mol. The minimum Gasteiger partial charge on any atom is -0.334 e. The molecule has 0 spiro atoms. The van der Waals surface area contributed by atoms with Gasteiger partial charge in [-0.15, -0.1) is 11.3 Å². The molecule has 2 aromatic rings. The van der Waals surface area contributed by atoms with E-state index >= 15 is 0 Å². The van der Waals surface area contributed by atoms with Crippen LogP contribution < -0.4 is 0 Å². The average Bonchev–Trinajstić information content (AvgIpc) is 3.25. The number of amides is 1. The zero-order valence-corrected chi connectivity index (χ0v) is 14.1. The molecule has 1 fully saturated rings. The molecule has 0 N–H and O–H groups in total. The number of fused-ring (bicyclic) bond motifs is 1. The van der Waals surface area contributed by atoms with Gasteiger partial charge in [0, 0.05) is 24.5 Å². The monoisotopic (exact) mass is 326 g/mol. The van der Waals surface area contributed by atoms with Gasteiger partial charge in [-0.25, -0.2) is 0 Å². The molecule has 4 heteroatoms. The van der Waals surface area contributed by atoms with Gasteiger partial charge < -0.3 is 4.90 Å². The standard InChI is InChI=1S/C19H22N2OS/c22-19(21-10-3-7-17(21)18-8-4-12-23-18)14-20-11-9-15-5-1-2-6-16(15)13-20/h1-2,4-6,8,12,17H,3,7,9-11,13-14H2. The highest BCUT2D eigenvalue weighted by molar-refractivity contribution is 7.10. The SMILES string of the molecule is O=C(CN1CCc2ccccc2C1)N1CCCC1c1cccs1. The minimum absolute atomic E-state index is 0.292. The zero-order chi connectivity index (χ0) is 15.6. The van der Waals surface area contributed by atoms with Crippen LogP contribution in [0.2, 0.25) is 0 Å². The maximum atomic E-state index is 12.8. The Morgan fingerprint density at radius 3 is 2.83 bits per heavy atom. The highest BCUT2D eigenvalue weighted by Gasteiger charge is 2.31. The van der Waals surface area contributed by atoms with E-state index in [0.29, 0.717) is 18.5 Å². The summed E-state index contributed by atoms with van der Waals surface area (Å²) in [4.78, 5) is 18.6. The van der Waals surface area contributed by atoms with Crippen LogP contribution >= 0.6 is 11.3 Å². The number of carbonyl (C=O) groups is 1. The van der Waals surface area contributed by atoms with E-state index < -0.39 is 0 Å². The highest BCUT2D eigenvalue weighted by Crippen LogP contribution is 2.34. The number of likely N-dealkylation sites (tertiary alicyclic amines) is 1. The minimum atomic E-state index is 0.292. The molecule has 3 heterocycles. The fourth-order valence-electron chi connectivity index (χ4n) is 3.81. The lowest BCUT2D eigenvalue weighted by Crippen LogP contribution is -2.41. The van der Waals surface area contributed by atoms with Crippen molar-refractivity contribution in [2.45, 2.75) is 31.8 Å². The van der Waals surface area contributed by atoms with Crippen molar-refractivity contribution in [2.24, 2.45) is 0 Å². The van der Waals surface area contributed by atoms with Crippen LogP contribution in [0.1, 0.15) is 34.9 Å². The van der Waals surface area contributed by atoms with Crippen molar-refractivity contribution in [2.75, 3.05) is 19.6 Å². The van der Waals surface area contributed by atoms with Crippen molar-refractivity contribution in [3.63, 3.8) is 0 Å². The molecular formula is C19H22N2OS. The highest BCUT2D eigenvalue weighted by atomic mass is 32.1. The number of hydrogen-bond acceptors (Lipinski definition) is 3. The first kappa shape index (κ1) is 14.9. The molecule has 3 nitrogen and oxygen atoms in total. The lowest BCUT2D eigenvalue weighted by Gasteiger charge is -2.31. The molecule has 0 aliphatic carbocycles. The second-order valence-electron chi connectivity index (χ2n) is 6.49. The Balaban J connectivity index is 1.42. The predicted octanol–water partition coefficient (Wildman–Crippen LogP) is 3.47. The summed E-state index contributed by atoms with van der Waals surface area (Å²) in [6.07, 6.45) is 3.28. The molecule has 1 unspecified atom stereocenters. The maximum absolute atomic E-state index is 12.8. The van der Waals surface area contributed by atoms with Crippen LogP contribution in [0.5, 0.6) is 0 Å². The third-order valence-corrected chi connectivity index (χ3v) is 5.99. The van der Waals surface area contributed by atoms with Gasteiger partial charge in [0.15, 0.2) is 0 Å². The van der Waals surface area contributed by atoms with Gasteiger partial charge in [0.05, 0.1) is 12.6 Å². The molecule has 1 saturated heterocycles. The van der Waals surface area contributed by atoms with Gasteiger partial charge in [0.1, 0.15) is 0 Å². The van der Waals surface area contributed by atoms with Gasteiger partial charge in [-0.3, -0.25) is 9.69 Å². The zero-order valence-electron chi connectivity index (χ0n) is 13.3. The summed E-state index contributed by atoms with van der Waals surface area (Å²) in [5.41, 5.74) is 2.82. The number of benzene rings is 1. The molecule has 1 amide bonds. The smallest absolute Gasteiger partial charge is 0.237 e. The molecule has 1 atom stereocenters. The molecule has 4 rings (SSSR count).